The summed E-state index contributed by atoms with van der Waals surface area (Å²) in [4.78, 5) is 26.4. The summed E-state index contributed by atoms with van der Waals surface area (Å²) in [6.45, 7) is 0.357. The van der Waals surface area contributed by atoms with E-state index in [2.05, 4.69) is 34.9 Å². The first-order chi connectivity index (χ1) is 19.1. The molecular weight excluding hydrogens is 504 g/mol. The number of rotatable bonds is 11. The minimum absolute atomic E-state index is 0.181. The number of benzene rings is 4. The number of carbonyl (C=O) groups is 2. The van der Waals surface area contributed by atoms with Crippen LogP contribution >= 0.6 is 11.6 Å². The van der Waals surface area contributed by atoms with Gasteiger partial charge in [0.15, 0.2) is 0 Å². The van der Waals surface area contributed by atoms with E-state index in [4.69, 9.17) is 11.6 Å². The molecule has 4 aromatic rings. The predicted molar refractivity (Wildman–Crippen MR) is 158 cm³/mol. The van der Waals surface area contributed by atoms with Crippen molar-refractivity contribution in [2.75, 3.05) is 0 Å². The molecule has 0 aromatic heterocycles. The molecule has 0 saturated heterocycles. The van der Waals surface area contributed by atoms with Gasteiger partial charge in [-0.2, -0.15) is 0 Å². The molecule has 1 fully saturated rings. The summed E-state index contributed by atoms with van der Waals surface area (Å²) in [6.07, 6.45) is 3.69. The lowest BCUT2D eigenvalue weighted by molar-refractivity contribution is -0.123. The summed E-state index contributed by atoms with van der Waals surface area (Å²) in [5.74, 6) is 0.827. The van der Waals surface area contributed by atoms with Gasteiger partial charge in [-0.1, -0.05) is 103 Å². The average Bonchev–Trinajstić information content (AvgIpc) is 3.76. The molecule has 0 aliphatic heterocycles. The normalized spacial score (nSPS) is 16.7. The van der Waals surface area contributed by atoms with Crippen molar-refractivity contribution < 1.29 is 9.59 Å². The van der Waals surface area contributed by atoms with E-state index in [-0.39, 0.29) is 11.8 Å². The summed E-state index contributed by atoms with van der Waals surface area (Å²) in [5, 5.41) is 6.62. The summed E-state index contributed by atoms with van der Waals surface area (Å²) in [6, 6.07) is 35.0. The average molecular weight is 537 g/mol. The Bertz CT molecular complexity index is 1390. The Morgan fingerprint density at radius 1 is 0.821 bits per heavy atom. The molecule has 5 rings (SSSR count). The van der Waals surface area contributed by atoms with Crippen LogP contribution in [0, 0.1) is 5.92 Å². The second-order valence-corrected chi connectivity index (χ2v) is 10.7. The van der Waals surface area contributed by atoms with Crippen LogP contribution in [0.1, 0.15) is 53.1 Å². The Kier molecular flexibility index (Phi) is 8.75. The summed E-state index contributed by atoms with van der Waals surface area (Å²) in [5.41, 5.74) is 4.98. The van der Waals surface area contributed by atoms with E-state index in [1.807, 2.05) is 78.9 Å². The molecule has 1 saturated carbocycles. The van der Waals surface area contributed by atoms with Crippen molar-refractivity contribution in [2.24, 2.45) is 5.92 Å². The Morgan fingerprint density at radius 3 is 2.23 bits per heavy atom. The largest absolute Gasteiger partial charge is 0.350 e. The number of hydrogen-bond donors (Lipinski definition) is 2. The highest BCUT2D eigenvalue weighted by molar-refractivity contribution is 6.30. The molecule has 2 N–H and O–H groups in total. The zero-order valence-corrected chi connectivity index (χ0v) is 22.6. The third kappa shape index (κ3) is 7.36. The lowest BCUT2D eigenvalue weighted by atomic mass is 10.0. The maximum atomic E-state index is 13.2. The van der Waals surface area contributed by atoms with Crippen molar-refractivity contribution >= 4 is 23.4 Å². The van der Waals surface area contributed by atoms with Gasteiger partial charge in [0.1, 0.15) is 6.04 Å². The van der Waals surface area contributed by atoms with E-state index in [9.17, 15) is 9.59 Å². The fourth-order valence-electron chi connectivity index (χ4n) is 5.17. The standard InChI is InChI=1S/C34H33ClN2O2/c35-30-15-7-9-24(21-30)23-36-34(39)32(16-8-14-29-22-31(29)27-12-5-2-6-13-27)37-33(38)28-19-17-26(18-20-28)25-10-3-1-4-11-25/h1-7,9-13,15,17-21,29,31-32H,8,14,16,22-23H2,(H,36,39)(H,37,38)/t29?,31?,32-/m0/s1. The predicted octanol–water partition coefficient (Wildman–Crippen LogP) is 7.40. The number of nitrogens with one attached hydrogen (secondary N) is 2. The molecular formula is C34H33ClN2O2. The van der Waals surface area contributed by atoms with Crippen molar-refractivity contribution in [2.45, 2.75) is 44.2 Å². The van der Waals surface area contributed by atoms with Gasteiger partial charge in [0, 0.05) is 17.1 Å². The molecule has 2 amide bonds. The van der Waals surface area contributed by atoms with Crippen LogP contribution in [0.25, 0.3) is 11.1 Å². The van der Waals surface area contributed by atoms with E-state index < -0.39 is 6.04 Å². The first kappa shape index (κ1) is 26.7. The SMILES string of the molecule is O=C(N[C@@H](CCCC1CC1c1ccccc1)C(=O)NCc1cccc(Cl)c1)c1ccc(-c2ccccc2)cc1. The summed E-state index contributed by atoms with van der Waals surface area (Å²) >= 11 is 6.10. The number of amides is 2. The van der Waals surface area contributed by atoms with Crippen LogP contribution in [0.15, 0.2) is 109 Å². The molecule has 2 unspecified atom stereocenters. The van der Waals surface area contributed by atoms with E-state index in [1.54, 1.807) is 6.07 Å². The van der Waals surface area contributed by atoms with E-state index in [0.29, 0.717) is 35.4 Å². The molecule has 39 heavy (non-hydrogen) atoms. The number of halogens is 1. The highest BCUT2D eigenvalue weighted by Gasteiger charge is 2.37. The minimum Gasteiger partial charge on any atom is -0.350 e. The first-order valence-corrected chi connectivity index (χ1v) is 14.0. The quantitative estimate of drug-likeness (QED) is 0.210. The molecule has 5 heteroatoms. The third-order valence-corrected chi connectivity index (χ3v) is 7.68. The van der Waals surface area contributed by atoms with Gasteiger partial charge in [-0.15, -0.1) is 0 Å². The minimum atomic E-state index is -0.612. The van der Waals surface area contributed by atoms with Crippen LogP contribution in [-0.2, 0) is 11.3 Å². The fraction of sp³-hybridized carbons (Fsp3) is 0.235. The van der Waals surface area contributed by atoms with Crippen molar-refractivity contribution in [3.63, 3.8) is 0 Å². The highest BCUT2D eigenvalue weighted by atomic mass is 35.5. The van der Waals surface area contributed by atoms with Crippen LogP contribution in [-0.4, -0.2) is 17.9 Å². The molecule has 4 nitrogen and oxygen atoms in total. The molecule has 0 radical (unpaired) electrons. The van der Waals surface area contributed by atoms with Crippen molar-refractivity contribution in [1.29, 1.82) is 0 Å². The van der Waals surface area contributed by atoms with Crippen LogP contribution < -0.4 is 10.6 Å². The zero-order chi connectivity index (χ0) is 27.0. The summed E-state index contributed by atoms with van der Waals surface area (Å²) in [7, 11) is 0. The van der Waals surface area contributed by atoms with Gasteiger partial charge in [0.2, 0.25) is 5.91 Å². The second-order valence-electron chi connectivity index (χ2n) is 10.3. The van der Waals surface area contributed by atoms with Gasteiger partial charge in [0.25, 0.3) is 5.91 Å². The molecule has 4 aromatic carbocycles. The van der Waals surface area contributed by atoms with Crippen LogP contribution in [0.5, 0.6) is 0 Å². The maximum Gasteiger partial charge on any atom is 0.251 e. The Balaban J connectivity index is 1.21. The first-order valence-electron chi connectivity index (χ1n) is 13.6. The molecule has 198 valence electrons. The van der Waals surface area contributed by atoms with Crippen molar-refractivity contribution in [3.05, 3.63) is 131 Å². The summed E-state index contributed by atoms with van der Waals surface area (Å²) < 4.78 is 0. The molecule has 1 aliphatic rings. The van der Waals surface area contributed by atoms with Gasteiger partial charge in [0.05, 0.1) is 0 Å². The topological polar surface area (TPSA) is 58.2 Å². The van der Waals surface area contributed by atoms with Gasteiger partial charge < -0.3 is 10.6 Å². The molecule has 0 bridgehead atoms. The van der Waals surface area contributed by atoms with Gasteiger partial charge in [-0.05, 0) is 77.6 Å². The van der Waals surface area contributed by atoms with E-state index in [1.165, 1.54) is 12.0 Å². The molecule has 0 heterocycles. The monoisotopic (exact) mass is 536 g/mol. The zero-order valence-electron chi connectivity index (χ0n) is 21.9. The highest BCUT2D eigenvalue weighted by Crippen LogP contribution is 2.50. The molecule has 0 spiro atoms. The van der Waals surface area contributed by atoms with Crippen molar-refractivity contribution in [1.82, 2.24) is 10.6 Å². The van der Waals surface area contributed by atoms with Gasteiger partial charge in [-0.25, -0.2) is 0 Å². The Hall–Kier alpha value is -3.89. The lowest BCUT2D eigenvalue weighted by Crippen LogP contribution is -2.46. The van der Waals surface area contributed by atoms with Crippen LogP contribution in [0.3, 0.4) is 0 Å². The Morgan fingerprint density at radius 2 is 1.51 bits per heavy atom. The van der Waals surface area contributed by atoms with E-state index in [0.717, 1.165) is 29.5 Å². The van der Waals surface area contributed by atoms with Crippen LogP contribution in [0.4, 0.5) is 0 Å². The van der Waals surface area contributed by atoms with E-state index >= 15 is 0 Å². The molecule has 3 atom stereocenters. The maximum absolute atomic E-state index is 13.2. The smallest absolute Gasteiger partial charge is 0.251 e. The number of hydrogen-bond acceptors (Lipinski definition) is 2. The Labute approximate surface area is 235 Å². The third-order valence-electron chi connectivity index (χ3n) is 7.45. The van der Waals surface area contributed by atoms with Crippen LogP contribution in [0.2, 0.25) is 5.02 Å². The lowest BCUT2D eigenvalue weighted by Gasteiger charge is -2.19. The molecule has 1 aliphatic carbocycles. The fourth-order valence-corrected chi connectivity index (χ4v) is 5.39. The van der Waals surface area contributed by atoms with Gasteiger partial charge >= 0.3 is 0 Å². The number of carbonyl (C=O) groups excluding carboxylic acids is 2. The second kappa shape index (κ2) is 12.8. The van der Waals surface area contributed by atoms with Gasteiger partial charge in [-0.3, -0.25) is 9.59 Å². The van der Waals surface area contributed by atoms with Crippen molar-refractivity contribution in [3.8, 4) is 11.1 Å².